The van der Waals surface area contributed by atoms with Crippen molar-refractivity contribution in [3.05, 3.63) is 54.3 Å². The smallest absolute Gasteiger partial charge is 0.319 e. The number of carbonyl (C=O) groups is 1. The summed E-state index contributed by atoms with van der Waals surface area (Å²) in [4.78, 5) is 11.8. The minimum absolute atomic E-state index is 0.0404. The summed E-state index contributed by atoms with van der Waals surface area (Å²) in [6, 6.07) is 9.85. The zero-order chi connectivity index (χ0) is 16.9. The molecule has 2 aromatic heterocycles. The number of furan rings is 1. The van der Waals surface area contributed by atoms with Crippen LogP contribution in [-0.2, 0) is 0 Å². The van der Waals surface area contributed by atoms with Gasteiger partial charge in [0.05, 0.1) is 12.8 Å². The van der Waals surface area contributed by atoms with E-state index in [1.54, 1.807) is 43.3 Å². The lowest BCUT2D eigenvalue weighted by atomic mass is 10.2. The molecule has 0 bridgehead atoms. The highest BCUT2D eigenvalue weighted by Gasteiger charge is 2.12. The van der Waals surface area contributed by atoms with Crippen LogP contribution >= 0.6 is 0 Å². The summed E-state index contributed by atoms with van der Waals surface area (Å²) in [6.07, 6.45) is 0.569. The number of aryl methyl sites for hydroxylation is 1. The highest BCUT2D eigenvalue weighted by Crippen LogP contribution is 2.20. The van der Waals surface area contributed by atoms with Crippen LogP contribution in [0.15, 0.2) is 51.5 Å². The topological polar surface area (TPSA) is 113 Å². The Morgan fingerprint density at radius 3 is 2.67 bits per heavy atom. The number of aliphatic hydroxyl groups is 1. The van der Waals surface area contributed by atoms with Crippen molar-refractivity contribution in [1.82, 2.24) is 15.5 Å². The molecule has 1 unspecified atom stereocenters. The third-order valence-corrected chi connectivity index (χ3v) is 3.24. The molecule has 0 fully saturated rings. The number of hydrogen-bond donors (Lipinski definition) is 3. The SMILES string of the molecule is Cc1nnc(-c2ccc(NC(=O)NCC(O)c3ccco3)cc2)o1. The Bertz CT molecular complexity index is 796. The van der Waals surface area contributed by atoms with E-state index in [2.05, 4.69) is 20.8 Å². The maximum Gasteiger partial charge on any atom is 0.319 e. The molecule has 0 aliphatic carbocycles. The average molecular weight is 328 g/mol. The van der Waals surface area contributed by atoms with Crippen molar-refractivity contribution >= 4 is 11.7 Å². The highest BCUT2D eigenvalue weighted by molar-refractivity contribution is 5.89. The molecule has 3 aromatic rings. The Hall–Kier alpha value is -3.13. The van der Waals surface area contributed by atoms with Gasteiger partial charge >= 0.3 is 6.03 Å². The molecule has 8 heteroatoms. The summed E-state index contributed by atoms with van der Waals surface area (Å²) in [5.41, 5.74) is 1.36. The molecule has 0 aliphatic rings. The average Bonchev–Trinajstić information content (AvgIpc) is 3.25. The minimum atomic E-state index is -0.895. The predicted octanol–water partition coefficient (Wildman–Crippen LogP) is 2.49. The van der Waals surface area contributed by atoms with Crippen LogP contribution in [0.4, 0.5) is 10.5 Å². The lowest BCUT2D eigenvalue weighted by Crippen LogP contribution is -2.32. The molecule has 3 N–H and O–H groups in total. The largest absolute Gasteiger partial charge is 0.467 e. The van der Waals surface area contributed by atoms with Crippen molar-refractivity contribution in [3.8, 4) is 11.5 Å². The maximum atomic E-state index is 11.8. The van der Waals surface area contributed by atoms with E-state index in [1.807, 2.05) is 0 Å². The quantitative estimate of drug-likeness (QED) is 0.663. The molecule has 8 nitrogen and oxygen atoms in total. The first kappa shape index (κ1) is 15.8. The predicted molar refractivity (Wildman–Crippen MR) is 85.2 cm³/mol. The Balaban J connectivity index is 1.53. The summed E-state index contributed by atoms with van der Waals surface area (Å²) >= 11 is 0. The van der Waals surface area contributed by atoms with Crippen molar-refractivity contribution in [2.75, 3.05) is 11.9 Å². The molecule has 0 saturated carbocycles. The summed E-state index contributed by atoms with van der Waals surface area (Å²) in [5.74, 6) is 1.31. The van der Waals surface area contributed by atoms with Crippen molar-refractivity contribution in [2.24, 2.45) is 0 Å². The monoisotopic (exact) mass is 328 g/mol. The number of amides is 2. The van der Waals surface area contributed by atoms with Gasteiger partial charge in [-0.25, -0.2) is 4.79 Å². The number of carbonyl (C=O) groups excluding carboxylic acids is 1. The number of aliphatic hydroxyl groups excluding tert-OH is 1. The molecule has 2 amide bonds. The van der Waals surface area contributed by atoms with Crippen LogP contribution in [0.25, 0.3) is 11.5 Å². The van der Waals surface area contributed by atoms with E-state index in [0.717, 1.165) is 5.56 Å². The summed E-state index contributed by atoms with van der Waals surface area (Å²) in [5, 5.41) is 22.8. The van der Waals surface area contributed by atoms with Crippen LogP contribution in [-0.4, -0.2) is 27.9 Å². The molecule has 1 aromatic carbocycles. The fourth-order valence-corrected chi connectivity index (χ4v) is 2.06. The highest BCUT2D eigenvalue weighted by atomic mass is 16.4. The molecule has 0 aliphatic heterocycles. The van der Waals surface area contributed by atoms with Gasteiger partial charge in [0.25, 0.3) is 0 Å². The number of nitrogens with zero attached hydrogens (tertiary/aromatic N) is 2. The van der Waals surface area contributed by atoms with Crippen LogP contribution in [0.2, 0.25) is 0 Å². The van der Waals surface area contributed by atoms with E-state index in [4.69, 9.17) is 8.83 Å². The van der Waals surface area contributed by atoms with Crippen LogP contribution < -0.4 is 10.6 Å². The second kappa shape index (κ2) is 6.97. The number of hydrogen-bond acceptors (Lipinski definition) is 6. The van der Waals surface area contributed by atoms with Gasteiger partial charge in [-0.2, -0.15) is 0 Å². The van der Waals surface area contributed by atoms with E-state index in [9.17, 15) is 9.90 Å². The lowest BCUT2D eigenvalue weighted by Gasteiger charge is -2.11. The minimum Gasteiger partial charge on any atom is -0.467 e. The molecule has 24 heavy (non-hydrogen) atoms. The fourth-order valence-electron chi connectivity index (χ4n) is 2.06. The molecular formula is C16H16N4O4. The number of rotatable bonds is 5. The first-order chi connectivity index (χ1) is 11.6. The van der Waals surface area contributed by atoms with Gasteiger partial charge in [-0.3, -0.25) is 0 Å². The van der Waals surface area contributed by atoms with Gasteiger partial charge in [0.1, 0.15) is 11.9 Å². The number of urea groups is 1. The van der Waals surface area contributed by atoms with Crippen LogP contribution in [0.1, 0.15) is 17.8 Å². The Morgan fingerprint density at radius 1 is 1.25 bits per heavy atom. The molecule has 0 radical (unpaired) electrons. The standard InChI is InChI=1S/C16H16N4O4/c1-10-19-20-15(24-10)11-4-6-12(7-5-11)18-16(22)17-9-13(21)14-3-2-8-23-14/h2-8,13,21H,9H2,1H3,(H2,17,18,22). The number of aromatic nitrogens is 2. The van der Waals surface area contributed by atoms with Crippen molar-refractivity contribution in [3.63, 3.8) is 0 Å². The normalized spacial score (nSPS) is 11.9. The number of anilines is 1. The number of nitrogens with one attached hydrogen (secondary N) is 2. The van der Waals surface area contributed by atoms with E-state index < -0.39 is 12.1 Å². The van der Waals surface area contributed by atoms with Crippen LogP contribution in [0, 0.1) is 6.92 Å². The van der Waals surface area contributed by atoms with Gasteiger partial charge in [0.15, 0.2) is 0 Å². The zero-order valence-corrected chi connectivity index (χ0v) is 12.9. The summed E-state index contributed by atoms with van der Waals surface area (Å²) in [7, 11) is 0. The molecule has 2 heterocycles. The number of benzene rings is 1. The van der Waals surface area contributed by atoms with E-state index in [0.29, 0.717) is 23.2 Å². The van der Waals surface area contributed by atoms with Gasteiger partial charge in [-0.05, 0) is 36.4 Å². The second-order valence-electron chi connectivity index (χ2n) is 5.07. The van der Waals surface area contributed by atoms with Gasteiger partial charge in [-0.15, -0.1) is 10.2 Å². The molecular weight excluding hydrogens is 312 g/mol. The molecule has 1 atom stereocenters. The van der Waals surface area contributed by atoms with Crippen molar-refractivity contribution < 1.29 is 18.7 Å². The van der Waals surface area contributed by atoms with Gasteiger partial charge in [0, 0.05) is 18.2 Å². The first-order valence-corrected chi connectivity index (χ1v) is 7.28. The summed E-state index contributed by atoms with van der Waals surface area (Å²) in [6.45, 7) is 1.76. The molecule has 0 spiro atoms. The van der Waals surface area contributed by atoms with E-state index >= 15 is 0 Å². The van der Waals surface area contributed by atoms with Crippen LogP contribution in [0.5, 0.6) is 0 Å². The third-order valence-electron chi connectivity index (χ3n) is 3.24. The Morgan fingerprint density at radius 2 is 2.04 bits per heavy atom. The third kappa shape index (κ3) is 3.79. The van der Waals surface area contributed by atoms with Gasteiger partial charge in [-0.1, -0.05) is 0 Å². The van der Waals surface area contributed by atoms with Crippen molar-refractivity contribution in [1.29, 1.82) is 0 Å². The molecule has 124 valence electrons. The molecule has 0 saturated heterocycles. The first-order valence-electron chi connectivity index (χ1n) is 7.28. The summed E-state index contributed by atoms with van der Waals surface area (Å²) < 4.78 is 10.4. The van der Waals surface area contributed by atoms with Crippen molar-refractivity contribution in [2.45, 2.75) is 13.0 Å². The maximum absolute atomic E-state index is 11.8. The van der Waals surface area contributed by atoms with Crippen LogP contribution in [0.3, 0.4) is 0 Å². The lowest BCUT2D eigenvalue weighted by molar-refractivity contribution is 0.149. The fraction of sp³-hybridized carbons (Fsp3) is 0.188. The van der Waals surface area contributed by atoms with Gasteiger partial charge < -0.3 is 24.6 Å². The van der Waals surface area contributed by atoms with E-state index in [1.165, 1.54) is 6.26 Å². The Kier molecular flexibility index (Phi) is 4.57. The zero-order valence-electron chi connectivity index (χ0n) is 12.9. The van der Waals surface area contributed by atoms with E-state index in [-0.39, 0.29) is 6.54 Å². The molecule has 3 rings (SSSR count). The Labute approximate surface area is 137 Å². The van der Waals surface area contributed by atoms with Gasteiger partial charge in [0.2, 0.25) is 11.8 Å². The second-order valence-corrected chi connectivity index (χ2v) is 5.07.